The van der Waals surface area contributed by atoms with Gasteiger partial charge >= 0.3 is 0 Å². The minimum Gasteiger partial charge on any atom is -0.324 e. The van der Waals surface area contributed by atoms with Gasteiger partial charge in [-0.1, -0.05) is 19.9 Å². The lowest BCUT2D eigenvalue weighted by atomic mass is 10.1. The van der Waals surface area contributed by atoms with Crippen molar-refractivity contribution in [2.75, 3.05) is 5.75 Å². The number of hydrogen-bond acceptors (Lipinski definition) is 2. The highest BCUT2D eigenvalue weighted by molar-refractivity contribution is 7.99. The fourth-order valence-electron chi connectivity index (χ4n) is 1.34. The Balaban J connectivity index is 2.91. The van der Waals surface area contributed by atoms with Crippen molar-refractivity contribution in [2.24, 2.45) is 11.7 Å². The van der Waals surface area contributed by atoms with Crippen molar-refractivity contribution < 1.29 is 4.39 Å². The summed E-state index contributed by atoms with van der Waals surface area (Å²) in [6, 6.07) is 4.90. The molecule has 0 saturated carbocycles. The van der Waals surface area contributed by atoms with Gasteiger partial charge in [-0.15, -0.1) is 11.8 Å². The number of halogens is 1. The topological polar surface area (TPSA) is 26.0 Å². The van der Waals surface area contributed by atoms with E-state index in [1.54, 1.807) is 17.8 Å². The summed E-state index contributed by atoms with van der Waals surface area (Å²) in [5, 5.41) is 0. The fourth-order valence-corrected chi connectivity index (χ4v) is 2.47. The molecule has 0 aliphatic carbocycles. The van der Waals surface area contributed by atoms with Crippen molar-refractivity contribution in [3.05, 3.63) is 29.6 Å². The number of benzene rings is 1. The van der Waals surface area contributed by atoms with Crippen LogP contribution in [0.5, 0.6) is 0 Å². The Kier molecular flexibility index (Phi) is 4.61. The zero-order valence-electron chi connectivity index (χ0n) is 9.46. The first-order chi connectivity index (χ1) is 7.02. The molecule has 0 bridgehead atoms. The van der Waals surface area contributed by atoms with E-state index in [9.17, 15) is 4.39 Å². The van der Waals surface area contributed by atoms with E-state index >= 15 is 0 Å². The van der Waals surface area contributed by atoms with Gasteiger partial charge in [0.25, 0.3) is 0 Å². The van der Waals surface area contributed by atoms with Crippen LogP contribution < -0.4 is 5.73 Å². The van der Waals surface area contributed by atoms with Gasteiger partial charge in [0.2, 0.25) is 0 Å². The summed E-state index contributed by atoms with van der Waals surface area (Å²) in [4.78, 5) is 0.971. The molecule has 1 rings (SSSR count). The molecular formula is C12H18FNS. The third kappa shape index (κ3) is 3.50. The summed E-state index contributed by atoms with van der Waals surface area (Å²) >= 11 is 1.68. The smallest absolute Gasteiger partial charge is 0.129 e. The van der Waals surface area contributed by atoms with Crippen LogP contribution in [0.15, 0.2) is 23.1 Å². The number of thioether (sulfide) groups is 1. The van der Waals surface area contributed by atoms with Crippen molar-refractivity contribution >= 4 is 11.8 Å². The second kappa shape index (κ2) is 5.52. The molecule has 2 N–H and O–H groups in total. The molecule has 0 spiro atoms. The predicted octanol–water partition coefficient (Wildman–Crippen LogP) is 3.59. The summed E-state index contributed by atoms with van der Waals surface area (Å²) in [6.07, 6.45) is 0. The number of nitrogens with two attached hydrogens (primary N) is 1. The van der Waals surface area contributed by atoms with Gasteiger partial charge in [-0.25, -0.2) is 4.39 Å². The van der Waals surface area contributed by atoms with Gasteiger partial charge in [-0.3, -0.25) is 0 Å². The zero-order chi connectivity index (χ0) is 11.4. The Morgan fingerprint density at radius 3 is 2.53 bits per heavy atom. The van der Waals surface area contributed by atoms with E-state index in [2.05, 4.69) is 13.8 Å². The van der Waals surface area contributed by atoms with Gasteiger partial charge < -0.3 is 5.73 Å². The summed E-state index contributed by atoms with van der Waals surface area (Å²) in [6.45, 7) is 6.12. The lowest BCUT2D eigenvalue weighted by Gasteiger charge is -2.14. The average molecular weight is 227 g/mol. The number of rotatable bonds is 4. The van der Waals surface area contributed by atoms with Crippen LogP contribution in [0.4, 0.5) is 4.39 Å². The van der Waals surface area contributed by atoms with E-state index in [4.69, 9.17) is 5.73 Å². The quantitative estimate of drug-likeness (QED) is 0.795. The van der Waals surface area contributed by atoms with Crippen molar-refractivity contribution in [3.63, 3.8) is 0 Å². The molecular weight excluding hydrogens is 209 g/mol. The van der Waals surface area contributed by atoms with Gasteiger partial charge in [0.1, 0.15) is 5.82 Å². The molecule has 1 aromatic carbocycles. The maximum absolute atomic E-state index is 13.5. The first-order valence-electron chi connectivity index (χ1n) is 5.19. The maximum Gasteiger partial charge on any atom is 0.129 e. The van der Waals surface area contributed by atoms with Gasteiger partial charge in [-0.05, 0) is 25.0 Å². The van der Waals surface area contributed by atoms with Crippen molar-refractivity contribution in [1.82, 2.24) is 0 Å². The third-order valence-corrected chi connectivity index (χ3v) is 3.54. The van der Waals surface area contributed by atoms with E-state index < -0.39 is 0 Å². The van der Waals surface area contributed by atoms with Crippen molar-refractivity contribution in [1.29, 1.82) is 0 Å². The average Bonchev–Trinajstić information content (AvgIpc) is 2.13. The van der Waals surface area contributed by atoms with E-state index in [1.807, 2.05) is 13.0 Å². The Labute approximate surface area is 95.2 Å². The monoisotopic (exact) mass is 227 g/mol. The molecule has 0 aromatic heterocycles. The van der Waals surface area contributed by atoms with Crippen LogP contribution in [0.3, 0.4) is 0 Å². The minimum atomic E-state index is -0.249. The molecule has 15 heavy (non-hydrogen) atoms. The lowest BCUT2D eigenvalue weighted by Crippen LogP contribution is -2.09. The fraction of sp³-hybridized carbons (Fsp3) is 0.500. The molecule has 1 nitrogen and oxygen atoms in total. The van der Waals surface area contributed by atoms with Crippen molar-refractivity contribution in [3.8, 4) is 0 Å². The molecule has 0 aliphatic heterocycles. The summed E-state index contributed by atoms with van der Waals surface area (Å²) < 4.78 is 13.5. The van der Waals surface area contributed by atoms with Gasteiger partial charge in [-0.2, -0.15) is 0 Å². The van der Waals surface area contributed by atoms with Gasteiger partial charge in [0.15, 0.2) is 0 Å². The Bertz CT molecular complexity index is 323. The van der Waals surface area contributed by atoms with E-state index in [0.717, 1.165) is 10.6 Å². The summed E-state index contributed by atoms with van der Waals surface area (Å²) in [5.74, 6) is 1.39. The molecule has 0 radical (unpaired) electrons. The zero-order valence-corrected chi connectivity index (χ0v) is 10.3. The SMILES string of the molecule is CC(C)CSc1cccc(F)c1[C@@H](C)N. The van der Waals surface area contributed by atoms with E-state index in [-0.39, 0.29) is 11.9 Å². The largest absolute Gasteiger partial charge is 0.324 e. The normalized spacial score (nSPS) is 13.2. The highest BCUT2D eigenvalue weighted by atomic mass is 32.2. The van der Waals surface area contributed by atoms with Crippen LogP contribution in [0.1, 0.15) is 32.4 Å². The number of hydrogen-bond donors (Lipinski definition) is 1. The van der Waals surface area contributed by atoms with Gasteiger partial charge in [0, 0.05) is 22.3 Å². The first kappa shape index (κ1) is 12.5. The van der Waals surface area contributed by atoms with Crippen LogP contribution in [0.2, 0.25) is 0 Å². The van der Waals surface area contributed by atoms with Gasteiger partial charge in [0.05, 0.1) is 0 Å². The van der Waals surface area contributed by atoms with Crippen LogP contribution in [0, 0.1) is 11.7 Å². The standard InChI is InChI=1S/C12H18FNS/c1-8(2)7-15-11-6-4-5-10(13)12(11)9(3)14/h4-6,8-9H,7,14H2,1-3H3/t9-/m1/s1. The minimum absolute atomic E-state index is 0.196. The lowest BCUT2D eigenvalue weighted by molar-refractivity contribution is 0.585. The van der Waals surface area contributed by atoms with Crippen LogP contribution in [-0.4, -0.2) is 5.75 Å². The molecule has 3 heteroatoms. The molecule has 84 valence electrons. The van der Waals surface area contributed by atoms with E-state index in [1.165, 1.54) is 6.07 Å². The highest BCUT2D eigenvalue weighted by Gasteiger charge is 2.12. The highest BCUT2D eigenvalue weighted by Crippen LogP contribution is 2.29. The molecule has 0 unspecified atom stereocenters. The van der Waals surface area contributed by atoms with Crippen LogP contribution >= 0.6 is 11.8 Å². The third-order valence-electron chi connectivity index (χ3n) is 2.04. The predicted molar refractivity (Wildman–Crippen MR) is 64.6 cm³/mol. The summed E-state index contributed by atoms with van der Waals surface area (Å²) in [7, 11) is 0. The Hall–Kier alpha value is -0.540. The Morgan fingerprint density at radius 1 is 1.33 bits per heavy atom. The molecule has 1 atom stereocenters. The Morgan fingerprint density at radius 2 is 2.00 bits per heavy atom. The second-order valence-corrected chi connectivity index (χ2v) is 5.21. The first-order valence-corrected chi connectivity index (χ1v) is 6.17. The molecule has 0 fully saturated rings. The molecule has 1 aromatic rings. The summed E-state index contributed by atoms with van der Waals surface area (Å²) in [5.41, 5.74) is 6.41. The van der Waals surface area contributed by atoms with Crippen molar-refractivity contribution in [2.45, 2.75) is 31.7 Å². The molecule has 0 amide bonds. The maximum atomic E-state index is 13.5. The molecule has 0 aliphatic rings. The van der Waals surface area contributed by atoms with Crippen LogP contribution in [0.25, 0.3) is 0 Å². The molecule has 0 saturated heterocycles. The van der Waals surface area contributed by atoms with Crippen LogP contribution in [-0.2, 0) is 0 Å². The second-order valence-electron chi connectivity index (χ2n) is 4.15. The van der Waals surface area contributed by atoms with E-state index in [0.29, 0.717) is 11.5 Å². The molecule has 0 heterocycles.